The van der Waals surface area contributed by atoms with Crippen molar-refractivity contribution in [1.82, 2.24) is 19.9 Å². The van der Waals surface area contributed by atoms with Gasteiger partial charge in [0.2, 0.25) is 5.89 Å². The third kappa shape index (κ3) is 3.71. The molecule has 3 aromatic heterocycles. The van der Waals surface area contributed by atoms with Gasteiger partial charge >= 0.3 is 0 Å². The van der Waals surface area contributed by atoms with Crippen LogP contribution in [0.5, 0.6) is 0 Å². The van der Waals surface area contributed by atoms with Gasteiger partial charge in [-0.15, -0.1) is 0 Å². The van der Waals surface area contributed by atoms with Crippen molar-refractivity contribution in [3.63, 3.8) is 0 Å². The van der Waals surface area contributed by atoms with Crippen LogP contribution < -0.4 is 5.32 Å². The van der Waals surface area contributed by atoms with E-state index in [1.54, 1.807) is 25.1 Å². The molecular weight excluding hydrogens is 358 g/mol. The summed E-state index contributed by atoms with van der Waals surface area (Å²) in [6, 6.07) is 8.85. The summed E-state index contributed by atoms with van der Waals surface area (Å²) in [5.41, 5.74) is 3.63. The highest BCUT2D eigenvalue weighted by atomic mass is 16.5. The molecule has 28 heavy (non-hydrogen) atoms. The van der Waals surface area contributed by atoms with Crippen LogP contribution in [0.25, 0.3) is 11.5 Å². The normalized spacial score (nSPS) is 11.0. The summed E-state index contributed by atoms with van der Waals surface area (Å²) in [6.07, 6.45) is 3.77. The lowest BCUT2D eigenvalue weighted by atomic mass is 10.2. The molecule has 0 aliphatic heterocycles. The van der Waals surface area contributed by atoms with Crippen molar-refractivity contribution in [2.45, 2.75) is 27.3 Å². The summed E-state index contributed by atoms with van der Waals surface area (Å²) in [4.78, 5) is 16.7. The Labute approximate surface area is 161 Å². The van der Waals surface area contributed by atoms with E-state index in [1.807, 2.05) is 43.1 Å². The lowest BCUT2D eigenvalue weighted by Gasteiger charge is -2.03. The highest BCUT2D eigenvalue weighted by Crippen LogP contribution is 2.24. The number of aryl methyl sites for hydroxylation is 3. The van der Waals surface area contributed by atoms with Gasteiger partial charge in [0.15, 0.2) is 5.69 Å². The maximum absolute atomic E-state index is 12.1. The van der Waals surface area contributed by atoms with Crippen LogP contribution in [0.3, 0.4) is 0 Å². The van der Waals surface area contributed by atoms with Crippen LogP contribution in [0.1, 0.15) is 33.3 Å². The van der Waals surface area contributed by atoms with Gasteiger partial charge in [0, 0.05) is 23.5 Å². The van der Waals surface area contributed by atoms with E-state index in [-0.39, 0.29) is 11.6 Å². The summed E-state index contributed by atoms with van der Waals surface area (Å²) in [7, 11) is 0. The van der Waals surface area contributed by atoms with Crippen LogP contribution in [-0.2, 0) is 6.54 Å². The first-order chi connectivity index (χ1) is 13.5. The van der Waals surface area contributed by atoms with Crippen LogP contribution in [0.4, 0.5) is 5.69 Å². The van der Waals surface area contributed by atoms with Gasteiger partial charge in [0.1, 0.15) is 17.2 Å². The second-order valence-corrected chi connectivity index (χ2v) is 6.59. The van der Waals surface area contributed by atoms with Crippen molar-refractivity contribution in [3.05, 3.63) is 71.2 Å². The Balaban J connectivity index is 1.48. The predicted octanol–water partition coefficient (Wildman–Crippen LogP) is 3.75. The molecule has 0 spiro atoms. The monoisotopic (exact) mass is 377 g/mol. The van der Waals surface area contributed by atoms with Crippen molar-refractivity contribution in [2.24, 2.45) is 0 Å². The van der Waals surface area contributed by atoms with Crippen LogP contribution in [0.2, 0.25) is 0 Å². The second kappa shape index (κ2) is 7.15. The summed E-state index contributed by atoms with van der Waals surface area (Å²) in [5.74, 6) is 1.54. The third-order valence-corrected chi connectivity index (χ3v) is 4.22. The Hall–Kier alpha value is -3.68. The topological polar surface area (TPSA) is 99.0 Å². The Morgan fingerprint density at radius 3 is 2.61 bits per heavy atom. The molecule has 3 heterocycles. The molecule has 4 rings (SSSR count). The molecular formula is C20H19N5O3. The molecule has 0 saturated carbocycles. The molecule has 142 valence electrons. The fraction of sp³-hybridized carbons (Fsp3) is 0.200. The van der Waals surface area contributed by atoms with E-state index >= 15 is 0 Å². The largest absolute Gasteiger partial charge is 0.441 e. The van der Waals surface area contributed by atoms with E-state index in [4.69, 9.17) is 8.94 Å². The fourth-order valence-electron chi connectivity index (χ4n) is 2.77. The Kier molecular flexibility index (Phi) is 4.52. The summed E-state index contributed by atoms with van der Waals surface area (Å²) in [5, 5.41) is 10.8. The maximum atomic E-state index is 12.1. The molecule has 0 fully saturated rings. The van der Waals surface area contributed by atoms with Gasteiger partial charge < -0.3 is 14.3 Å². The molecule has 0 atom stereocenters. The molecule has 1 amide bonds. The van der Waals surface area contributed by atoms with Gasteiger partial charge in [-0.2, -0.15) is 5.10 Å². The van der Waals surface area contributed by atoms with Crippen LogP contribution in [0, 0.1) is 20.8 Å². The fourth-order valence-corrected chi connectivity index (χ4v) is 2.77. The molecule has 0 radical (unpaired) electrons. The number of nitrogens with zero attached hydrogens (tertiary/aromatic N) is 4. The average Bonchev–Trinajstić information content (AvgIpc) is 3.37. The first-order valence-electron chi connectivity index (χ1n) is 8.78. The zero-order valence-corrected chi connectivity index (χ0v) is 15.8. The quantitative estimate of drug-likeness (QED) is 0.569. The Bertz CT molecular complexity index is 1120. The van der Waals surface area contributed by atoms with Crippen molar-refractivity contribution < 1.29 is 13.7 Å². The number of carbonyl (C=O) groups is 1. The van der Waals surface area contributed by atoms with Crippen LogP contribution in [0.15, 0.2) is 51.7 Å². The lowest BCUT2D eigenvalue weighted by Crippen LogP contribution is -2.11. The smallest absolute Gasteiger partial charge is 0.277 e. The van der Waals surface area contributed by atoms with Crippen molar-refractivity contribution in [1.29, 1.82) is 0 Å². The average molecular weight is 377 g/mol. The van der Waals surface area contributed by atoms with Gasteiger partial charge in [-0.25, -0.2) is 4.98 Å². The molecule has 0 saturated heterocycles. The third-order valence-electron chi connectivity index (χ3n) is 4.22. The van der Waals surface area contributed by atoms with Gasteiger partial charge in [-0.05, 0) is 50.6 Å². The van der Waals surface area contributed by atoms with Crippen molar-refractivity contribution >= 4 is 11.6 Å². The number of amides is 1. The summed E-state index contributed by atoms with van der Waals surface area (Å²) in [6.45, 7) is 6.17. The molecule has 4 aromatic rings. The number of hydrogen-bond donors (Lipinski definition) is 1. The molecule has 8 nitrogen and oxygen atoms in total. The Morgan fingerprint density at radius 1 is 1.18 bits per heavy atom. The zero-order chi connectivity index (χ0) is 19.7. The number of oxazole rings is 1. The molecule has 8 heteroatoms. The number of rotatable bonds is 5. The first kappa shape index (κ1) is 17.7. The molecule has 0 bridgehead atoms. The molecule has 0 aliphatic carbocycles. The molecule has 1 N–H and O–H groups in total. The minimum Gasteiger partial charge on any atom is -0.441 e. The number of nitrogens with one attached hydrogen (secondary N) is 1. The van der Waals surface area contributed by atoms with E-state index in [0.717, 1.165) is 22.6 Å². The summed E-state index contributed by atoms with van der Waals surface area (Å²) < 4.78 is 12.6. The highest BCUT2D eigenvalue weighted by Gasteiger charge is 2.14. The predicted molar refractivity (Wildman–Crippen MR) is 102 cm³/mol. The molecule has 0 unspecified atom stereocenters. The molecule has 1 aromatic carbocycles. The van der Waals surface area contributed by atoms with Gasteiger partial charge in [0.05, 0.1) is 12.7 Å². The highest BCUT2D eigenvalue weighted by molar-refractivity contribution is 6.02. The van der Waals surface area contributed by atoms with E-state index < -0.39 is 0 Å². The molecule has 0 aliphatic rings. The number of benzene rings is 1. The maximum Gasteiger partial charge on any atom is 0.277 e. The number of aromatic nitrogens is 4. The van der Waals surface area contributed by atoms with E-state index in [0.29, 0.717) is 23.9 Å². The minimum atomic E-state index is -0.326. The second-order valence-electron chi connectivity index (χ2n) is 6.59. The summed E-state index contributed by atoms with van der Waals surface area (Å²) >= 11 is 0. The van der Waals surface area contributed by atoms with Crippen LogP contribution in [-0.4, -0.2) is 25.8 Å². The van der Waals surface area contributed by atoms with Gasteiger partial charge in [-0.3, -0.25) is 9.48 Å². The van der Waals surface area contributed by atoms with Crippen molar-refractivity contribution in [3.8, 4) is 11.5 Å². The first-order valence-corrected chi connectivity index (χ1v) is 8.78. The zero-order valence-electron chi connectivity index (χ0n) is 15.8. The number of carbonyl (C=O) groups excluding carboxylic acids is 1. The van der Waals surface area contributed by atoms with E-state index in [9.17, 15) is 4.79 Å². The van der Waals surface area contributed by atoms with Gasteiger partial charge in [-0.1, -0.05) is 5.16 Å². The van der Waals surface area contributed by atoms with Crippen LogP contribution >= 0.6 is 0 Å². The van der Waals surface area contributed by atoms with E-state index in [1.165, 1.54) is 0 Å². The lowest BCUT2D eigenvalue weighted by molar-refractivity contribution is 0.101. The minimum absolute atomic E-state index is 0.239. The number of anilines is 1. The Morgan fingerprint density at radius 2 is 1.96 bits per heavy atom. The standard InChI is InChI=1S/C20H19N5O3/c1-12-9-21-25(10-12)11-18-14(3)27-20(23-18)15-4-6-16(7-5-15)22-19(26)17-8-13(2)28-24-17/h4-10H,11H2,1-3H3,(H,22,26). The van der Waals surface area contributed by atoms with Crippen molar-refractivity contribution in [2.75, 3.05) is 5.32 Å². The van der Waals surface area contributed by atoms with Gasteiger partial charge in [0.25, 0.3) is 5.91 Å². The SMILES string of the molecule is Cc1cnn(Cc2nc(-c3ccc(NC(=O)c4cc(C)on4)cc3)oc2C)c1. The van der Waals surface area contributed by atoms with E-state index in [2.05, 4.69) is 20.6 Å². The number of hydrogen-bond acceptors (Lipinski definition) is 6.